The highest BCUT2D eigenvalue weighted by atomic mass is 28.3. The molecule has 0 bridgehead atoms. The number of pyridine rings is 1. The van der Waals surface area contributed by atoms with Gasteiger partial charge in [-0.15, -0.1) is 0 Å². The minimum atomic E-state index is -1.13. The highest BCUT2D eigenvalue weighted by Crippen LogP contribution is 2.40. The molecule has 0 N–H and O–H groups in total. The zero-order valence-corrected chi connectivity index (χ0v) is 23.6. The molecule has 8 heteroatoms. The molecule has 3 aromatic rings. The Kier molecular flexibility index (Phi) is 7.53. The lowest BCUT2D eigenvalue weighted by atomic mass is 9.96. The quantitative estimate of drug-likeness (QED) is 0.251. The maximum atomic E-state index is 14.4. The fraction of sp³-hybridized carbons (Fsp3) is 0.400. The molecule has 2 aliphatic rings. The topological polar surface area (TPSA) is 57.3 Å². The third-order valence-electron chi connectivity index (χ3n) is 7.55. The van der Waals surface area contributed by atoms with E-state index in [1.165, 1.54) is 11.8 Å². The Morgan fingerprint density at radius 3 is 2.71 bits per heavy atom. The maximum Gasteiger partial charge on any atom is 0.143 e. The van der Waals surface area contributed by atoms with Crippen molar-refractivity contribution in [3.05, 3.63) is 78.0 Å². The third kappa shape index (κ3) is 5.60. The molecule has 0 unspecified atom stereocenters. The van der Waals surface area contributed by atoms with Crippen molar-refractivity contribution in [3.63, 3.8) is 0 Å². The monoisotopic (exact) mass is 529 g/mol. The van der Waals surface area contributed by atoms with Gasteiger partial charge < -0.3 is 14.2 Å². The Balaban J connectivity index is 1.30. The Hall–Kier alpha value is -3.25. The van der Waals surface area contributed by atoms with Crippen molar-refractivity contribution in [2.75, 3.05) is 24.6 Å². The lowest BCUT2D eigenvalue weighted by Gasteiger charge is -2.40. The van der Waals surface area contributed by atoms with Gasteiger partial charge in [-0.25, -0.2) is 9.37 Å². The Labute approximate surface area is 225 Å². The highest BCUT2D eigenvalue weighted by Gasteiger charge is 2.29. The zero-order valence-electron chi connectivity index (χ0n) is 22.6. The largest absolute Gasteiger partial charge is 0.361 e. The average molecular weight is 530 g/mol. The standard InChI is InChI=1S/C30H36FN5OSi/c1-22-7-14-36(25-8-11-34(12-9-25)20-24-6-5-23(18-32)17-28(24)31)29-26-10-13-35(30(26)33-19-27(22)29)21-37-15-16-38(2,3)4/h5-7,10,13-14,17,19,25H,1,8-9,11-12,15-16,20-21H2,2-4H3. The van der Waals surface area contributed by atoms with E-state index in [-0.39, 0.29) is 5.82 Å². The van der Waals surface area contributed by atoms with Gasteiger partial charge >= 0.3 is 0 Å². The van der Waals surface area contributed by atoms with Crippen LogP contribution in [0.15, 0.2) is 55.5 Å². The van der Waals surface area contributed by atoms with Gasteiger partial charge in [0, 0.05) is 75.5 Å². The molecule has 1 fully saturated rings. The number of likely N-dealkylation sites (tertiary alicyclic amines) is 1. The molecule has 198 valence electrons. The molecular weight excluding hydrogens is 493 g/mol. The Morgan fingerprint density at radius 1 is 1.21 bits per heavy atom. The van der Waals surface area contributed by atoms with E-state index < -0.39 is 8.07 Å². The van der Waals surface area contributed by atoms with E-state index in [9.17, 15) is 4.39 Å². The van der Waals surface area contributed by atoms with Gasteiger partial charge in [0.15, 0.2) is 0 Å². The van der Waals surface area contributed by atoms with E-state index in [1.54, 1.807) is 12.1 Å². The third-order valence-corrected chi connectivity index (χ3v) is 9.26. The second-order valence-corrected chi connectivity index (χ2v) is 17.2. The van der Waals surface area contributed by atoms with Crippen LogP contribution in [0.3, 0.4) is 0 Å². The lowest BCUT2D eigenvalue weighted by molar-refractivity contribution is 0.0899. The smallest absolute Gasteiger partial charge is 0.143 e. The number of hydrogen-bond donors (Lipinski definition) is 0. The normalized spacial score (nSPS) is 16.7. The van der Waals surface area contributed by atoms with Crippen molar-refractivity contribution >= 4 is 30.4 Å². The van der Waals surface area contributed by atoms with Crippen molar-refractivity contribution < 1.29 is 9.13 Å². The predicted octanol–water partition coefficient (Wildman–Crippen LogP) is 6.37. The molecule has 38 heavy (non-hydrogen) atoms. The zero-order chi connectivity index (χ0) is 26.9. The number of benzene rings is 1. The van der Waals surface area contributed by atoms with Gasteiger partial charge in [0.2, 0.25) is 0 Å². The van der Waals surface area contributed by atoms with Gasteiger partial charge in [0.1, 0.15) is 18.2 Å². The summed E-state index contributed by atoms with van der Waals surface area (Å²) < 4.78 is 22.6. The van der Waals surface area contributed by atoms with E-state index in [0.717, 1.165) is 60.8 Å². The van der Waals surface area contributed by atoms with Crippen LogP contribution in [0, 0.1) is 17.1 Å². The van der Waals surface area contributed by atoms with Crippen LogP contribution < -0.4 is 4.90 Å². The molecule has 0 amide bonds. The molecule has 0 aliphatic carbocycles. The Morgan fingerprint density at radius 2 is 2.00 bits per heavy atom. The van der Waals surface area contributed by atoms with Crippen LogP contribution in [0.25, 0.3) is 16.6 Å². The summed E-state index contributed by atoms with van der Waals surface area (Å²) in [7, 11) is -1.13. The minimum Gasteiger partial charge on any atom is -0.361 e. The molecule has 4 heterocycles. The number of halogens is 1. The minimum absolute atomic E-state index is 0.304. The maximum absolute atomic E-state index is 14.4. The van der Waals surface area contributed by atoms with Crippen molar-refractivity contribution in [3.8, 4) is 6.07 Å². The average Bonchev–Trinajstić information content (AvgIpc) is 3.31. The molecule has 1 saturated heterocycles. The second-order valence-electron chi connectivity index (χ2n) is 11.6. The van der Waals surface area contributed by atoms with Crippen LogP contribution in [0.5, 0.6) is 0 Å². The van der Waals surface area contributed by atoms with Gasteiger partial charge in [0.25, 0.3) is 0 Å². The van der Waals surface area contributed by atoms with E-state index in [1.807, 2.05) is 12.3 Å². The van der Waals surface area contributed by atoms with Gasteiger partial charge in [-0.05, 0) is 48.7 Å². The van der Waals surface area contributed by atoms with Crippen molar-refractivity contribution in [2.24, 2.45) is 0 Å². The molecule has 1 aromatic carbocycles. The molecule has 6 nitrogen and oxygen atoms in total. The molecule has 0 radical (unpaired) electrons. The first-order valence-electron chi connectivity index (χ1n) is 13.4. The molecular formula is C30H36FN5OSi. The summed E-state index contributed by atoms with van der Waals surface area (Å²) in [5, 5.41) is 10.1. The lowest BCUT2D eigenvalue weighted by Crippen LogP contribution is -2.43. The summed E-state index contributed by atoms with van der Waals surface area (Å²) in [6.45, 7) is 14.9. The first kappa shape index (κ1) is 26.4. The fourth-order valence-electron chi connectivity index (χ4n) is 5.26. The summed E-state index contributed by atoms with van der Waals surface area (Å²) in [4.78, 5) is 9.49. The molecule has 0 spiro atoms. The number of rotatable bonds is 8. The number of aromatic nitrogens is 2. The Bertz CT molecular complexity index is 1410. The SMILES string of the molecule is C=C1C=CN(C2CCN(Cc3ccc(C#N)cc3F)CC2)c2c1cnc1c2ccn1COCC[Si](C)(C)C. The van der Waals surface area contributed by atoms with E-state index in [0.29, 0.717) is 30.4 Å². The van der Waals surface area contributed by atoms with Crippen LogP contribution in [-0.2, 0) is 18.0 Å². The van der Waals surface area contributed by atoms with Crippen LogP contribution in [0.1, 0.15) is 29.5 Å². The van der Waals surface area contributed by atoms with Crippen molar-refractivity contribution in [2.45, 2.75) is 57.8 Å². The van der Waals surface area contributed by atoms with E-state index in [4.69, 9.17) is 15.0 Å². The first-order valence-corrected chi connectivity index (χ1v) is 17.1. The van der Waals surface area contributed by atoms with Crippen LogP contribution in [0.4, 0.5) is 10.1 Å². The van der Waals surface area contributed by atoms with Crippen LogP contribution >= 0.6 is 0 Å². The van der Waals surface area contributed by atoms with Crippen molar-refractivity contribution in [1.29, 1.82) is 5.26 Å². The number of nitrogens with zero attached hydrogens (tertiary/aromatic N) is 5. The highest BCUT2D eigenvalue weighted by molar-refractivity contribution is 6.76. The number of nitriles is 1. The second kappa shape index (κ2) is 10.9. The van der Waals surface area contributed by atoms with Gasteiger partial charge in [-0.1, -0.05) is 32.3 Å². The number of fused-ring (bicyclic) bond motifs is 3. The van der Waals surface area contributed by atoms with E-state index in [2.05, 4.69) is 65.1 Å². The molecule has 5 rings (SSSR count). The molecule has 0 saturated carbocycles. The van der Waals surface area contributed by atoms with Crippen LogP contribution in [-0.4, -0.2) is 48.3 Å². The van der Waals surface area contributed by atoms with Gasteiger partial charge in [0.05, 0.1) is 17.3 Å². The van der Waals surface area contributed by atoms with Gasteiger partial charge in [-0.2, -0.15) is 5.26 Å². The molecule has 2 aliphatic heterocycles. The predicted molar refractivity (Wildman–Crippen MR) is 154 cm³/mol. The van der Waals surface area contributed by atoms with Gasteiger partial charge in [-0.3, -0.25) is 4.90 Å². The fourth-order valence-corrected chi connectivity index (χ4v) is 6.02. The van der Waals surface area contributed by atoms with Crippen LogP contribution in [0.2, 0.25) is 25.7 Å². The summed E-state index contributed by atoms with van der Waals surface area (Å²) in [5.41, 5.74) is 5.13. The summed E-state index contributed by atoms with van der Waals surface area (Å²) in [5.74, 6) is -0.304. The first-order chi connectivity index (χ1) is 18.2. The molecule has 2 aromatic heterocycles. The summed E-state index contributed by atoms with van der Waals surface area (Å²) >= 11 is 0. The summed E-state index contributed by atoms with van der Waals surface area (Å²) in [6, 6.07) is 10.4. The number of hydrogen-bond acceptors (Lipinski definition) is 5. The number of ether oxygens (including phenoxy) is 1. The molecule has 0 atom stereocenters. The van der Waals surface area contributed by atoms with E-state index >= 15 is 0 Å². The number of anilines is 1. The number of allylic oxidation sites excluding steroid dienone is 2. The number of piperidine rings is 1. The summed E-state index contributed by atoms with van der Waals surface area (Å²) in [6.07, 6.45) is 10.2. The van der Waals surface area contributed by atoms with Crippen molar-refractivity contribution in [1.82, 2.24) is 14.5 Å².